The first kappa shape index (κ1) is 20.6. The second-order valence-corrected chi connectivity index (χ2v) is 6.48. The number of nitrogens with zero attached hydrogens (tertiary/aromatic N) is 4. The molecule has 0 saturated heterocycles. The lowest BCUT2D eigenvalue weighted by atomic mass is 10.1. The van der Waals surface area contributed by atoms with Crippen LogP contribution in [-0.4, -0.2) is 31.9 Å². The second kappa shape index (κ2) is 8.95. The number of hydrogen-bond donors (Lipinski definition) is 2. The molecule has 0 saturated carbocycles. The number of benzene rings is 2. The maximum Gasteiger partial charge on any atom is 0.311 e. The van der Waals surface area contributed by atoms with Crippen LogP contribution in [0.5, 0.6) is 5.75 Å². The van der Waals surface area contributed by atoms with E-state index in [2.05, 4.69) is 15.6 Å². The monoisotopic (exact) mass is 409 g/mol. The van der Waals surface area contributed by atoms with Gasteiger partial charge >= 0.3 is 5.69 Å². The number of fused-ring (bicyclic) bond motifs is 1. The lowest BCUT2D eigenvalue weighted by Gasteiger charge is -2.09. The van der Waals surface area contributed by atoms with Gasteiger partial charge < -0.3 is 5.11 Å². The Morgan fingerprint density at radius 1 is 1.30 bits per heavy atom. The number of phenols is 1. The van der Waals surface area contributed by atoms with Crippen LogP contribution in [0.25, 0.3) is 10.8 Å². The van der Waals surface area contributed by atoms with Gasteiger partial charge in [0.15, 0.2) is 11.4 Å². The summed E-state index contributed by atoms with van der Waals surface area (Å²) in [6, 6.07) is 10.4. The predicted octanol–water partition coefficient (Wildman–Crippen LogP) is 2.57. The molecule has 2 N–H and O–H groups in total. The molecule has 0 bridgehead atoms. The van der Waals surface area contributed by atoms with E-state index < -0.39 is 22.3 Å². The second-order valence-electron chi connectivity index (χ2n) is 6.48. The molecular weight excluding hydrogens is 390 g/mol. The molecule has 1 heterocycles. The molecule has 30 heavy (non-hydrogen) atoms. The number of aromatic nitrogens is 2. The summed E-state index contributed by atoms with van der Waals surface area (Å²) in [7, 11) is 0. The Kier molecular flexibility index (Phi) is 6.16. The van der Waals surface area contributed by atoms with Gasteiger partial charge in [-0.2, -0.15) is 10.2 Å². The van der Waals surface area contributed by atoms with Crippen LogP contribution in [0.3, 0.4) is 0 Å². The third kappa shape index (κ3) is 4.32. The van der Waals surface area contributed by atoms with Crippen LogP contribution in [0.4, 0.5) is 5.69 Å². The van der Waals surface area contributed by atoms with Crippen LogP contribution in [-0.2, 0) is 6.54 Å². The summed E-state index contributed by atoms with van der Waals surface area (Å²) in [6.07, 6.45) is 2.81. The third-order valence-electron chi connectivity index (χ3n) is 4.38. The van der Waals surface area contributed by atoms with E-state index in [0.29, 0.717) is 22.9 Å². The zero-order valence-electron chi connectivity index (χ0n) is 16.1. The number of phenolic OH excluding ortho intramolecular Hbond substituents is 1. The van der Waals surface area contributed by atoms with Gasteiger partial charge in [0.25, 0.3) is 11.5 Å². The van der Waals surface area contributed by atoms with Gasteiger partial charge in [-0.1, -0.05) is 31.5 Å². The largest absolute Gasteiger partial charge is 0.502 e. The normalized spacial score (nSPS) is 11.1. The van der Waals surface area contributed by atoms with Gasteiger partial charge in [0, 0.05) is 23.6 Å². The Balaban J connectivity index is 1.89. The first-order chi connectivity index (χ1) is 14.4. The molecule has 0 fully saturated rings. The molecule has 0 aliphatic heterocycles. The molecule has 1 amide bonds. The van der Waals surface area contributed by atoms with Gasteiger partial charge in [0.1, 0.15) is 0 Å². The number of carbonyl (C=O) groups excluding carboxylic acids is 1. The number of hydrogen-bond acceptors (Lipinski definition) is 7. The number of nitro benzene ring substituents is 1. The highest BCUT2D eigenvalue weighted by Gasteiger charge is 2.16. The zero-order valence-corrected chi connectivity index (χ0v) is 16.1. The van der Waals surface area contributed by atoms with E-state index >= 15 is 0 Å². The molecular formula is C20H19N5O5. The maximum absolute atomic E-state index is 12.7. The average Bonchev–Trinajstić information content (AvgIpc) is 2.74. The molecule has 0 aliphatic carbocycles. The minimum absolute atomic E-state index is 0.0511. The van der Waals surface area contributed by atoms with Gasteiger partial charge in [0.2, 0.25) is 0 Å². The van der Waals surface area contributed by atoms with Crippen LogP contribution in [0, 0.1) is 10.1 Å². The Labute approximate surface area is 170 Å². The lowest BCUT2D eigenvalue weighted by Crippen LogP contribution is -2.29. The molecule has 1 aromatic heterocycles. The van der Waals surface area contributed by atoms with Crippen LogP contribution >= 0.6 is 0 Å². The zero-order chi connectivity index (χ0) is 21.7. The Hall–Kier alpha value is -4.08. The number of aromatic hydroxyl groups is 1. The fourth-order valence-electron chi connectivity index (χ4n) is 2.85. The van der Waals surface area contributed by atoms with E-state index in [9.17, 15) is 24.8 Å². The standard InChI is InChI=1S/C20H19N5O5/c1-2-3-10-24-20(28)15-7-5-4-6-14(15)18(23-24)19(27)22-21-12-13-8-9-17(26)16(11-13)25(29)30/h4-9,11-12,26H,2-3,10H2,1H3,(H,22,27)/b21-12-. The number of nitro groups is 1. The summed E-state index contributed by atoms with van der Waals surface area (Å²) in [5, 5.41) is 29.2. The highest BCUT2D eigenvalue weighted by atomic mass is 16.6. The minimum atomic E-state index is -0.721. The van der Waals surface area contributed by atoms with Gasteiger partial charge in [-0.3, -0.25) is 19.7 Å². The number of nitrogens with one attached hydrogen (secondary N) is 1. The Bertz CT molecular complexity index is 1200. The molecule has 10 heteroatoms. The van der Waals surface area contributed by atoms with Gasteiger partial charge in [-0.15, -0.1) is 0 Å². The molecule has 154 valence electrons. The first-order valence-electron chi connectivity index (χ1n) is 9.23. The van der Waals surface area contributed by atoms with E-state index in [1.165, 1.54) is 23.0 Å². The summed E-state index contributed by atoms with van der Waals surface area (Å²) < 4.78 is 1.27. The molecule has 2 aromatic carbocycles. The number of rotatable bonds is 7. The van der Waals surface area contributed by atoms with E-state index in [1.54, 1.807) is 24.3 Å². The SMILES string of the molecule is CCCCn1nc(C(=O)N/N=C\c2ccc(O)c([N+](=O)[O-])c2)c2ccccc2c1=O. The van der Waals surface area contributed by atoms with E-state index in [4.69, 9.17) is 0 Å². The summed E-state index contributed by atoms with van der Waals surface area (Å²) >= 11 is 0. The topological polar surface area (TPSA) is 140 Å². The first-order valence-corrected chi connectivity index (χ1v) is 9.23. The van der Waals surface area contributed by atoms with Crippen molar-refractivity contribution in [3.63, 3.8) is 0 Å². The molecule has 0 aliphatic rings. The summed E-state index contributed by atoms with van der Waals surface area (Å²) in [5.74, 6) is -1.09. The van der Waals surface area contributed by atoms with Crippen molar-refractivity contribution in [2.75, 3.05) is 0 Å². The van der Waals surface area contributed by atoms with Gasteiger partial charge in [-0.05, 0) is 24.6 Å². The number of unbranched alkanes of at least 4 members (excludes halogenated alkanes) is 1. The smallest absolute Gasteiger partial charge is 0.311 e. The number of carbonyl (C=O) groups is 1. The highest BCUT2D eigenvalue weighted by molar-refractivity contribution is 6.05. The van der Waals surface area contributed by atoms with Crippen molar-refractivity contribution in [1.29, 1.82) is 0 Å². The lowest BCUT2D eigenvalue weighted by molar-refractivity contribution is -0.385. The molecule has 3 rings (SSSR count). The molecule has 3 aromatic rings. The van der Waals surface area contributed by atoms with Gasteiger partial charge in [-0.25, -0.2) is 10.1 Å². The summed E-state index contributed by atoms with van der Waals surface area (Å²) in [5.41, 5.74) is 1.95. The van der Waals surface area contributed by atoms with Crippen LogP contribution in [0.15, 0.2) is 52.4 Å². The van der Waals surface area contributed by atoms with E-state index in [0.717, 1.165) is 18.9 Å². The Morgan fingerprint density at radius 3 is 2.73 bits per heavy atom. The van der Waals surface area contributed by atoms with Crippen molar-refractivity contribution in [1.82, 2.24) is 15.2 Å². The van der Waals surface area contributed by atoms with Crippen LogP contribution in [0.1, 0.15) is 35.8 Å². The van der Waals surface area contributed by atoms with Crippen LogP contribution in [0.2, 0.25) is 0 Å². The maximum atomic E-state index is 12.7. The molecule has 10 nitrogen and oxygen atoms in total. The van der Waals surface area contributed by atoms with E-state index in [-0.39, 0.29) is 11.3 Å². The molecule has 0 radical (unpaired) electrons. The quantitative estimate of drug-likeness (QED) is 0.349. The van der Waals surface area contributed by atoms with Crippen molar-refractivity contribution in [3.8, 4) is 5.75 Å². The van der Waals surface area contributed by atoms with Crippen molar-refractivity contribution < 1.29 is 14.8 Å². The predicted molar refractivity (Wildman–Crippen MR) is 111 cm³/mol. The molecule has 0 atom stereocenters. The Morgan fingerprint density at radius 2 is 2.03 bits per heavy atom. The van der Waals surface area contributed by atoms with Crippen LogP contribution < -0.4 is 11.0 Å². The minimum Gasteiger partial charge on any atom is -0.502 e. The number of amides is 1. The summed E-state index contributed by atoms with van der Waals surface area (Å²) in [4.78, 5) is 35.4. The van der Waals surface area contributed by atoms with E-state index in [1.807, 2.05) is 6.92 Å². The number of hydrazone groups is 1. The van der Waals surface area contributed by atoms with Crippen molar-refractivity contribution >= 4 is 28.6 Å². The fourth-order valence-corrected chi connectivity index (χ4v) is 2.85. The third-order valence-corrected chi connectivity index (χ3v) is 4.38. The van der Waals surface area contributed by atoms with Crippen molar-refractivity contribution in [3.05, 3.63) is 74.2 Å². The highest BCUT2D eigenvalue weighted by Crippen LogP contribution is 2.25. The average molecular weight is 409 g/mol. The molecule has 0 unspecified atom stereocenters. The van der Waals surface area contributed by atoms with Gasteiger partial charge in [0.05, 0.1) is 16.5 Å². The van der Waals surface area contributed by atoms with Crippen molar-refractivity contribution in [2.45, 2.75) is 26.3 Å². The van der Waals surface area contributed by atoms with Crippen molar-refractivity contribution in [2.24, 2.45) is 5.10 Å². The number of aryl methyl sites for hydroxylation is 1. The molecule has 0 spiro atoms. The fraction of sp³-hybridized carbons (Fsp3) is 0.200. The summed E-state index contributed by atoms with van der Waals surface area (Å²) in [6.45, 7) is 2.38.